The van der Waals surface area contributed by atoms with Crippen LogP contribution in [0.15, 0.2) is 0 Å². The van der Waals surface area contributed by atoms with Crippen LogP contribution < -0.4 is 0 Å². The minimum atomic E-state index is -1.47. The molecule has 196 valence electrons. The molecule has 13 atom stereocenters. The molecule has 1 saturated heterocycles. The fraction of sp³-hybridized carbons (Fsp3) is 1.00. The Morgan fingerprint density at radius 3 is 2.26 bits per heavy atom. The van der Waals surface area contributed by atoms with Gasteiger partial charge in [0.1, 0.15) is 24.4 Å². The zero-order valence-electron chi connectivity index (χ0n) is 20.9. The molecule has 1 heterocycles. The highest BCUT2D eigenvalue weighted by Crippen LogP contribution is 2.73. The van der Waals surface area contributed by atoms with E-state index in [-0.39, 0.29) is 34.2 Å². The maximum Gasteiger partial charge on any atom is 0.186 e. The Bertz CT molecular complexity index is 785. The third-order valence-electron chi connectivity index (χ3n) is 10.7. The van der Waals surface area contributed by atoms with Crippen molar-refractivity contribution < 1.29 is 40.1 Å². The largest absolute Gasteiger partial charge is 0.394 e. The van der Waals surface area contributed by atoms with Crippen molar-refractivity contribution >= 4 is 0 Å². The monoisotopic (exact) mass is 484 g/mol. The van der Waals surface area contributed by atoms with Crippen molar-refractivity contribution in [3.05, 3.63) is 0 Å². The molecule has 5 aliphatic rings. The minimum absolute atomic E-state index is 0.0712. The van der Waals surface area contributed by atoms with Crippen LogP contribution in [0.25, 0.3) is 0 Å². The fourth-order valence-electron chi connectivity index (χ4n) is 9.93. The molecule has 0 aromatic carbocycles. The molecular weight excluding hydrogens is 440 g/mol. The highest BCUT2D eigenvalue weighted by atomic mass is 16.7. The van der Waals surface area contributed by atoms with Gasteiger partial charge in [0.15, 0.2) is 6.29 Å². The first-order chi connectivity index (χ1) is 15.7. The fourth-order valence-corrected chi connectivity index (χ4v) is 9.93. The molecule has 0 unspecified atom stereocenters. The zero-order valence-corrected chi connectivity index (χ0v) is 20.9. The van der Waals surface area contributed by atoms with Crippen molar-refractivity contribution in [1.29, 1.82) is 0 Å². The smallest absolute Gasteiger partial charge is 0.186 e. The Morgan fingerprint density at radius 2 is 1.59 bits per heavy atom. The van der Waals surface area contributed by atoms with E-state index >= 15 is 0 Å². The summed E-state index contributed by atoms with van der Waals surface area (Å²) >= 11 is 0. The normalized spacial score (nSPS) is 58.8. The van der Waals surface area contributed by atoms with Crippen molar-refractivity contribution in [3.8, 4) is 0 Å². The van der Waals surface area contributed by atoms with E-state index in [1.165, 1.54) is 0 Å². The summed E-state index contributed by atoms with van der Waals surface area (Å²) < 4.78 is 12.0. The first-order valence-corrected chi connectivity index (χ1v) is 13.1. The van der Waals surface area contributed by atoms with Gasteiger partial charge in [-0.15, -0.1) is 0 Å². The van der Waals surface area contributed by atoms with Crippen LogP contribution in [0.4, 0.5) is 0 Å². The molecule has 5 fully saturated rings. The second-order valence-electron chi connectivity index (χ2n) is 13.5. The molecular formula is C26H44O8. The maximum absolute atomic E-state index is 11.5. The molecule has 0 aromatic heterocycles. The summed E-state index contributed by atoms with van der Waals surface area (Å²) in [5, 5.41) is 63.1. The van der Waals surface area contributed by atoms with E-state index in [0.717, 1.165) is 32.1 Å². The van der Waals surface area contributed by atoms with Gasteiger partial charge in [-0.25, -0.2) is 0 Å². The van der Waals surface area contributed by atoms with E-state index in [2.05, 4.69) is 20.8 Å². The van der Waals surface area contributed by atoms with Crippen molar-refractivity contribution in [2.45, 2.75) is 121 Å². The van der Waals surface area contributed by atoms with E-state index < -0.39 is 49.0 Å². The summed E-state index contributed by atoms with van der Waals surface area (Å²) in [7, 11) is 0. The number of rotatable bonds is 3. The van der Waals surface area contributed by atoms with Crippen LogP contribution in [0.1, 0.15) is 72.6 Å². The maximum atomic E-state index is 11.5. The molecule has 1 aliphatic heterocycles. The first kappa shape index (κ1) is 25.3. The van der Waals surface area contributed by atoms with Gasteiger partial charge in [-0.3, -0.25) is 0 Å². The van der Waals surface area contributed by atoms with Crippen molar-refractivity contribution in [2.24, 2.45) is 34.0 Å². The molecule has 34 heavy (non-hydrogen) atoms. The second-order valence-corrected chi connectivity index (χ2v) is 13.5. The first-order valence-electron chi connectivity index (χ1n) is 13.1. The molecule has 6 N–H and O–H groups in total. The van der Waals surface area contributed by atoms with Gasteiger partial charge < -0.3 is 40.1 Å². The van der Waals surface area contributed by atoms with Gasteiger partial charge in [0.2, 0.25) is 0 Å². The minimum Gasteiger partial charge on any atom is -0.394 e. The summed E-state index contributed by atoms with van der Waals surface area (Å²) in [5.41, 5.74) is -1.21. The van der Waals surface area contributed by atoms with Crippen molar-refractivity contribution in [1.82, 2.24) is 0 Å². The lowest BCUT2D eigenvalue weighted by Gasteiger charge is -2.66. The molecule has 4 aliphatic carbocycles. The molecule has 8 heteroatoms. The van der Waals surface area contributed by atoms with Crippen LogP contribution in [0.5, 0.6) is 0 Å². The second kappa shape index (κ2) is 8.09. The summed E-state index contributed by atoms with van der Waals surface area (Å²) in [4.78, 5) is 0. The van der Waals surface area contributed by atoms with Crippen LogP contribution in [0, 0.1) is 34.0 Å². The van der Waals surface area contributed by atoms with E-state index in [1.807, 2.05) is 6.92 Å². The summed E-state index contributed by atoms with van der Waals surface area (Å²) in [6.07, 6.45) is -1.36. The SMILES string of the molecule is CC1(C)C[C@@H](O[C@@H]2O[C@H](CO)[C@@H](O)[C@H](O)[C@H]2O)C[C@]2(C)[C@@H]1[C@H](O)C[C@@]13C[C@H](CC[C@H]12)[C@](C)(O)C3. The third-order valence-corrected chi connectivity index (χ3v) is 10.7. The highest BCUT2D eigenvalue weighted by Gasteiger charge is 2.69. The molecule has 5 rings (SSSR count). The quantitative estimate of drug-likeness (QED) is 0.325. The number of hydrogen-bond donors (Lipinski definition) is 6. The summed E-state index contributed by atoms with van der Waals surface area (Å²) in [5.74, 6) is 0.736. The van der Waals surface area contributed by atoms with Gasteiger partial charge in [0.25, 0.3) is 0 Å². The number of aliphatic hydroxyl groups is 6. The molecule has 8 nitrogen and oxygen atoms in total. The van der Waals surface area contributed by atoms with Gasteiger partial charge in [-0.2, -0.15) is 0 Å². The molecule has 0 amide bonds. The van der Waals surface area contributed by atoms with Gasteiger partial charge in [-0.1, -0.05) is 20.8 Å². The standard InChI is InChI=1S/C26H44O8/c1-23(2)8-14(33-22-20(31)19(30)18(29)16(11-27)34-22)9-24(3)17-6-5-13-7-26(17,12-25(13,4)32)10-15(28)21(23)24/h13-22,27-32H,5-12H2,1-4H3/t13-,14+,15+,16+,17-,18+,19-,20+,21+,22+,24-,25+,26+/m0/s1. The molecule has 0 radical (unpaired) electrons. The van der Waals surface area contributed by atoms with E-state index in [0.29, 0.717) is 18.8 Å². The van der Waals surface area contributed by atoms with Gasteiger partial charge >= 0.3 is 0 Å². The number of ether oxygens (including phenoxy) is 2. The topological polar surface area (TPSA) is 140 Å². The van der Waals surface area contributed by atoms with Crippen LogP contribution in [0.2, 0.25) is 0 Å². The number of aliphatic hydroxyl groups excluding tert-OH is 5. The zero-order chi connectivity index (χ0) is 24.8. The predicted octanol–water partition coefficient (Wildman–Crippen LogP) is 0.936. The third kappa shape index (κ3) is 3.63. The summed E-state index contributed by atoms with van der Waals surface area (Å²) in [6.45, 7) is 8.11. The lowest BCUT2D eigenvalue weighted by Crippen LogP contribution is -2.64. The number of hydrogen-bond acceptors (Lipinski definition) is 8. The highest BCUT2D eigenvalue weighted by molar-refractivity contribution is 5.18. The van der Waals surface area contributed by atoms with Gasteiger partial charge in [0, 0.05) is 0 Å². The lowest BCUT2D eigenvalue weighted by molar-refractivity contribution is -0.324. The van der Waals surface area contributed by atoms with Crippen LogP contribution in [0.3, 0.4) is 0 Å². The Kier molecular flexibility index (Phi) is 6.03. The Morgan fingerprint density at radius 1 is 0.882 bits per heavy atom. The van der Waals surface area contributed by atoms with E-state index in [1.54, 1.807) is 0 Å². The summed E-state index contributed by atoms with van der Waals surface area (Å²) in [6, 6.07) is 0. The molecule has 0 aromatic rings. The molecule has 4 saturated carbocycles. The number of fused-ring (bicyclic) bond motifs is 3. The predicted molar refractivity (Wildman–Crippen MR) is 122 cm³/mol. The van der Waals surface area contributed by atoms with Gasteiger partial charge in [-0.05, 0) is 85.9 Å². The lowest BCUT2D eigenvalue weighted by atomic mass is 9.40. The van der Waals surface area contributed by atoms with Gasteiger partial charge in [0.05, 0.1) is 24.4 Å². The van der Waals surface area contributed by atoms with Crippen molar-refractivity contribution in [2.75, 3.05) is 6.61 Å². The molecule has 2 bridgehead atoms. The Hall–Kier alpha value is -0.320. The van der Waals surface area contributed by atoms with E-state index in [4.69, 9.17) is 9.47 Å². The van der Waals surface area contributed by atoms with Crippen molar-refractivity contribution in [3.63, 3.8) is 0 Å². The Balaban J connectivity index is 1.43. The molecule has 1 spiro atoms. The average molecular weight is 485 g/mol. The van der Waals surface area contributed by atoms with Crippen LogP contribution in [-0.4, -0.2) is 85.8 Å². The van der Waals surface area contributed by atoms with Crippen LogP contribution in [-0.2, 0) is 9.47 Å². The van der Waals surface area contributed by atoms with E-state index in [9.17, 15) is 30.6 Å². The van der Waals surface area contributed by atoms with Crippen LogP contribution >= 0.6 is 0 Å². The average Bonchev–Trinajstić information content (AvgIpc) is 2.90. The Labute approximate surface area is 202 Å².